The van der Waals surface area contributed by atoms with Crippen LogP contribution in [0.3, 0.4) is 0 Å². The number of rotatable bonds is 16. The standard InChI is InChI=1S/C45H50O27/c46-13-26-33(55)36(58)39(61)43(70-26)67-23-7-17(8-24(32(23)54)68-44-40(62)37(59)34(56)27(71-44)14-64-30(52)6-3-16-1-4-18(47)5-2-16)42-25(11-20-21(49)9-19(48)10-22(20)66-42)69-45-41(63)38(60)35(57)28(72-45)15-65-31(53)12-29(50)51/h1-11,26-28,33-49,54-63H,12-15H2,(H,50,51)/b6-3+/t26-,27+,28+,33+,34+,35+,36-,37-,38-,39-,40+,41+,42?,43+,44+,45+/m0/s1. The third-order valence-electron chi connectivity index (χ3n) is 11.6. The smallest absolute Gasteiger partial charge is 0.330 e. The van der Waals surface area contributed by atoms with Gasteiger partial charge in [-0.3, -0.25) is 9.59 Å². The van der Waals surface area contributed by atoms with Gasteiger partial charge in [0.2, 0.25) is 24.6 Å². The molecule has 15 N–H and O–H groups in total. The highest BCUT2D eigenvalue weighted by Gasteiger charge is 2.49. The summed E-state index contributed by atoms with van der Waals surface area (Å²) < 4.78 is 50.7. The van der Waals surface area contributed by atoms with Gasteiger partial charge in [0.1, 0.15) is 122 Å². The Morgan fingerprint density at radius 1 is 0.597 bits per heavy atom. The van der Waals surface area contributed by atoms with Crippen molar-refractivity contribution in [3.63, 3.8) is 0 Å². The summed E-state index contributed by atoms with van der Waals surface area (Å²) in [6.07, 6.45) is -28.5. The lowest BCUT2D eigenvalue weighted by Crippen LogP contribution is -2.60. The molecule has 0 aromatic heterocycles. The number of ether oxygens (including phenoxy) is 9. The van der Waals surface area contributed by atoms with E-state index in [1.54, 1.807) is 0 Å². The number of carbonyl (C=O) groups is 3. The Morgan fingerprint density at radius 3 is 1.65 bits per heavy atom. The van der Waals surface area contributed by atoms with Crippen LogP contribution in [0, 0.1) is 0 Å². The molecular weight excluding hydrogens is 972 g/mol. The number of phenolic OH excluding ortho intramolecular Hbond substituents is 4. The first-order chi connectivity index (χ1) is 34.1. The molecule has 0 saturated carbocycles. The molecule has 3 saturated heterocycles. The van der Waals surface area contributed by atoms with Crippen molar-refractivity contribution < 1.29 is 134 Å². The molecule has 4 aliphatic rings. The minimum Gasteiger partial charge on any atom is -0.508 e. The summed E-state index contributed by atoms with van der Waals surface area (Å²) in [4.78, 5) is 35.6. The second-order valence-corrected chi connectivity index (χ2v) is 16.7. The fourth-order valence-corrected chi connectivity index (χ4v) is 7.67. The van der Waals surface area contributed by atoms with Gasteiger partial charge in [-0.1, -0.05) is 12.1 Å². The second-order valence-electron chi connectivity index (χ2n) is 16.7. The molecule has 4 heterocycles. The van der Waals surface area contributed by atoms with Crippen LogP contribution in [0.1, 0.15) is 29.2 Å². The number of aliphatic hydroxyl groups excluding tert-OH is 10. The molecular formula is C45H50O27. The Labute approximate surface area is 404 Å². The number of benzene rings is 3. The number of phenols is 4. The molecule has 3 aromatic rings. The van der Waals surface area contributed by atoms with Gasteiger partial charge in [-0.15, -0.1) is 0 Å². The Morgan fingerprint density at radius 2 is 1.11 bits per heavy atom. The van der Waals surface area contributed by atoms with Crippen molar-refractivity contribution in [3.8, 4) is 40.2 Å². The van der Waals surface area contributed by atoms with Crippen molar-refractivity contribution in [2.24, 2.45) is 0 Å². The van der Waals surface area contributed by atoms with Gasteiger partial charge in [-0.25, -0.2) is 4.79 Å². The first-order valence-electron chi connectivity index (χ1n) is 21.7. The van der Waals surface area contributed by atoms with E-state index in [1.807, 2.05) is 0 Å². The van der Waals surface area contributed by atoms with Crippen molar-refractivity contribution in [1.29, 1.82) is 0 Å². The second kappa shape index (κ2) is 22.5. The van der Waals surface area contributed by atoms with Gasteiger partial charge in [-0.2, -0.15) is 0 Å². The summed E-state index contributed by atoms with van der Waals surface area (Å²) in [6, 6.07) is 9.64. The third kappa shape index (κ3) is 11.9. The van der Waals surface area contributed by atoms with Crippen LogP contribution in [0.4, 0.5) is 0 Å². The maximum Gasteiger partial charge on any atom is 0.330 e. The Bertz CT molecular complexity index is 2480. The lowest BCUT2D eigenvalue weighted by Gasteiger charge is -2.41. The normalized spacial score (nSPS) is 32.4. The largest absolute Gasteiger partial charge is 0.508 e. The van der Waals surface area contributed by atoms with Crippen LogP contribution in [0.25, 0.3) is 12.2 Å². The van der Waals surface area contributed by atoms with E-state index in [1.165, 1.54) is 30.3 Å². The highest BCUT2D eigenvalue weighted by molar-refractivity contribution is 5.90. The molecule has 1 unspecified atom stereocenters. The quantitative estimate of drug-likeness (QED) is 0.0375. The SMILES string of the molecule is O=C(O)CC(=O)OC[C@H]1O[C@@H](OC2=Cc3c(O)cc(O)cc3OC2c2cc(O[C@@H]3O[C@@H](CO)[C@@H](O)[C@H](O)[C@@H]3O)c(O)c(O[C@@H]3O[C@H](COC(=O)/C=C/c4ccc(O)cc4)[C@@H](O)[C@H](O)[C@H]3O)c2)[C@H](O)[C@@H](O)[C@@H]1O. The van der Waals surface area contributed by atoms with E-state index in [0.29, 0.717) is 5.56 Å². The van der Waals surface area contributed by atoms with Crippen molar-refractivity contribution in [1.82, 2.24) is 0 Å². The third-order valence-corrected chi connectivity index (χ3v) is 11.6. The molecule has 3 fully saturated rings. The zero-order valence-electron chi connectivity index (χ0n) is 37.0. The Balaban J connectivity index is 1.23. The number of hydrogen-bond acceptors (Lipinski definition) is 26. The highest BCUT2D eigenvalue weighted by Crippen LogP contribution is 2.48. The lowest BCUT2D eigenvalue weighted by atomic mass is 9.98. The fraction of sp³-hybridized carbons (Fsp3) is 0.444. The molecule has 392 valence electrons. The molecule has 27 nitrogen and oxygen atoms in total. The number of aromatic hydroxyl groups is 4. The summed E-state index contributed by atoms with van der Waals surface area (Å²) in [5, 5.41) is 158. The number of fused-ring (bicyclic) bond motifs is 1. The minimum absolute atomic E-state index is 0.0239. The molecule has 0 bridgehead atoms. The Kier molecular flexibility index (Phi) is 16.6. The average Bonchev–Trinajstić information content (AvgIpc) is 3.34. The topological polar surface area (TPSA) is 438 Å². The van der Waals surface area contributed by atoms with Gasteiger partial charge in [0, 0.05) is 23.8 Å². The van der Waals surface area contributed by atoms with E-state index < -0.39 is 177 Å². The van der Waals surface area contributed by atoms with E-state index >= 15 is 0 Å². The van der Waals surface area contributed by atoms with Crippen LogP contribution in [0.15, 0.2) is 60.4 Å². The number of carboxylic acid groups (broad SMARTS) is 1. The molecule has 3 aromatic carbocycles. The van der Waals surface area contributed by atoms with E-state index in [-0.39, 0.29) is 22.6 Å². The molecule has 0 amide bonds. The van der Waals surface area contributed by atoms with Crippen molar-refractivity contribution in [2.45, 2.75) is 105 Å². The molecule has 16 atom stereocenters. The summed E-state index contributed by atoms with van der Waals surface area (Å²) in [5.74, 6) is -8.16. The van der Waals surface area contributed by atoms with Gasteiger partial charge in [0.15, 0.2) is 17.6 Å². The van der Waals surface area contributed by atoms with E-state index in [2.05, 4.69) is 0 Å². The molecule has 0 spiro atoms. The molecule has 4 aliphatic heterocycles. The number of carbonyl (C=O) groups excluding carboxylic acids is 2. The van der Waals surface area contributed by atoms with Crippen LogP contribution in [-0.2, 0) is 42.8 Å². The monoisotopic (exact) mass is 1020 g/mol. The summed E-state index contributed by atoms with van der Waals surface area (Å²) in [5.41, 5.74) is 0.0496. The number of carboxylic acids is 1. The number of aliphatic hydroxyl groups is 10. The van der Waals surface area contributed by atoms with Crippen LogP contribution < -0.4 is 14.2 Å². The van der Waals surface area contributed by atoms with Crippen LogP contribution in [0.2, 0.25) is 0 Å². The molecule has 27 heteroatoms. The van der Waals surface area contributed by atoms with E-state index in [4.69, 9.17) is 47.7 Å². The zero-order chi connectivity index (χ0) is 52.3. The van der Waals surface area contributed by atoms with Crippen LogP contribution >= 0.6 is 0 Å². The van der Waals surface area contributed by atoms with E-state index in [0.717, 1.165) is 36.4 Å². The molecule has 0 radical (unpaired) electrons. The van der Waals surface area contributed by atoms with Crippen LogP contribution in [0.5, 0.6) is 40.2 Å². The van der Waals surface area contributed by atoms with Crippen molar-refractivity contribution in [2.75, 3.05) is 19.8 Å². The maximum absolute atomic E-state index is 12.6. The first kappa shape index (κ1) is 53.2. The highest BCUT2D eigenvalue weighted by atomic mass is 16.7. The Hall–Kier alpha value is -6.57. The zero-order valence-corrected chi connectivity index (χ0v) is 37.0. The number of hydrogen-bond donors (Lipinski definition) is 15. The van der Waals surface area contributed by atoms with Crippen molar-refractivity contribution in [3.05, 3.63) is 77.1 Å². The minimum atomic E-state index is -2.13. The lowest BCUT2D eigenvalue weighted by molar-refractivity contribution is -0.294. The maximum atomic E-state index is 12.6. The van der Waals surface area contributed by atoms with Gasteiger partial charge in [0.05, 0.1) is 12.2 Å². The molecule has 72 heavy (non-hydrogen) atoms. The number of esters is 2. The molecule has 0 aliphatic carbocycles. The summed E-state index contributed by atoms with van der Waals surface area (Å²) in [6.45, 7) is -2.53. The number of aliphatic carboxylic acids is 1. The van der Waals surface area contributed by atoms with Crippen LogP contribution in [-0.4, -0.2) is 206 Å². The van der Waals surface area contributed by atoms with E-state index in [9.17, 15) is 85.9 Å². The average molecular weight is 1020 g/mol. The van der Waals surface area contributed by atoms with Gasteiger partial charge < -0.3 is 119 Å². The first-order valence-corrected chi connectivity index (χ1v) is 21.7. The fourth-order valence-electron chi connectivity index (χ4n) is 7.67. The molecule has 7 rings (SSSR count). The predicted octanol–water partition coefficient (Wildman–Crippen LogP) is -3.55. The van der Waals surface area contributed by atoms with Gasteiger partial charge >= 0.3 is 17.9 Å². The summed E-state index contributed by atoms with van der Waals surface area (Å²) >= 11 is 0. The van der Waals surface area contributed by atoms with Gasteiger partial charge in [-0.05, 0) is 42.0 Å². The summed E-state index contributed by atoms with van der Waals surface area (Å²) in [7, 11) is 0. The van der Waals surface area contributed by atoms with Gasteiger partial charge in [0.25, 0.3) is 0 Å². The predicted molar refractivity (Wildman–Crippen MR) is 230 cm³/mol. The van der Waals surface area contributed by atoms with Crippen molar-refractivity contribution >= 4 is 30.1 Å².